The molecule has 0 saturated heterocycles. The Balaban J connectivity index is 1.90. The van der Waals surface area contributed by atoms with E-state index >= 15 is 0 Å². The molecule has 0 radical (unpaired) electrons. The van der Waals surface area contributed by atoms with Gasteiger partial charge in [0, 0.05) is 11.5 Å². The van der Waals surface area contributed by atoms with Crippen LogP contribution in [0, 0.1) is 5.82 Å². The molecule has 24 heavy (non-hydrogen) atoms. The molecule has 1 heterocycles. The molecule has 2 aromatic carbocycles. The van der Waals surface area contributed by atoms with E-state index in [2.05, 4.69) is 15.5 Å². The standard InChI is InChI=1S/C18H16FN3O2/c1-11(2)16-21-18(24-22-16)14-8-3-4-9-15(14)20-17(23)12-6-5-7-13(19)10-12/h3-11H,1-2H3,(H,20,23). The van der Waals surface area contributed by atoms with Crippen LogP contribution in [-0.2, 0) is 0 Å². The molecule has 0 unspecified atom stereocenters. The van der Waals surface area contributed by atoms with Crippen molar-refractivity contribution in [2.75, 3.05) is 5.32 Å². The summed E-state index contributed by atoms with van der Waals surface area (Å²) in [7, 11) is 0. The molecule has 1 aromatic heterocycles. The second-order valence-corrected chi connectivity index (χ2v) is 5.62. The summed E-state index contributed by atoms with van der Waals surface area (Å²) in [6, 6.07) is 12.6. The van der Waals surface area contributed by atoms with Gasteiger partial charge in [-0.1, -0.05) is 37.2 Å². The Kier molecular flexibility index (Phi) is 4.37. The van der Waals surface area contributed by atoms with Crippen LogP contribution in [0.3, 0.4) is 0 Å². The SMILES string of the molecule is CC(C)c1noc(-c2ccccc2NC(=O)c2cccc(F)c2)n1. The van der Waals surface area contributed by atoms with Gasteiger partial charge in [-0.05, 0) is 30.3 Å². The van der Waals surface area contributed by atoms with Crippen molar-refractivity contribution in [1.29, 1.82) is 0 Å². The van der Waals surface area contributed by atoms with E-state index in [1.54, 1.807) is 24.3 Å². The number of carbonyl (C=O) groups excluding carboxylic acids is 1. The number of nitrogens with zero attached hydrogens (tertiary/aromatic N) is 2. The maximum atomic E-state index is 13.3. The minimum atomic E-state index is -0.464. The number of amides is 1. The number of aromatic nitrogens is 2. The lowest BCUT2D eigenvalue weighted by Gasteiger charge is -2.08. The third-order valence-corrected chi connectivity index (χ3v) is 3.45. The van der Waals surface area contributed by atoms with Crippen LogP contribution in [0.5, 0.6) is 0 Å². The second-order valence-electron chi connectivity index (χ2n) is 5.62. The van der Waals surface area contributed by atoms with Gasteiger partial charge in [0.25, 0.3) is 11.8 Å². The van der Waals surface area contributed by atoms with E-state index in [1.807, 2.05) is 19.9 Å². The topological polar surface area (TPSA) is 68.0 Å². The van der Waals surface area contributed by atoms with Crippen LogP contribution >= 0.6 is 0 Å². The van der Waals surface area contributed by atoms with Crippen LogP contribution < -0.4 is 5.32 Å². The monoisotopic (exact) mass is 325 g/mol. The maximum Gasteiger partial charge on any atom is 0.260 e. The van der Waals surface area contributed by atoms with Crippen molar-refractivity contribution in [3.8, 4) is 11.5 Å². The first-order valence-corrected chi connectivity index (χ1v) is 7.54. The Morgan fingerprint density at radius 3 is 2.67 bits per heavy atom. The van der Waals surface area contributed by atoms with Gasteiger partial charge >= 0.3 is 0 Å². The molecule has 0 bridgehead atoms. The van der Waals surface area contributed by atoms with Gasteiger partial charge in [-0.2, -0.15) is 4.98 Å². The fourth-order valence-corrected chi connectivity index (χ4v) is 2.18. The third-order valence-electron chi connectivity index (χ3n) is 3.45. The highest BCUT2D eigenvalue weighted by molar-refractivity contribution is 6.05. The number of anilines is 1. The first-order valence-electron chi connectivity index (χ1n) is 7.54. The first kappa shape index (κ1) is 15.9. The molecule has 3 rings (SSSR count). The smallest absolute Gasteiger partial charge is 0.260 e. The molecular formula is C18H16FN3O2. The minimum absolute atomic E-state index is 0.136. The molecule has 5 nitrogen and oxygen atoms in total. The summed E-state index contributed by atoms with van der Waals surface area (Å²) >= 11 is 0. The number of nitrogens with one attached hydrogen (secondary N) is 1. The molecule has 0 aliphatic rings. The number of hydrogen-bond donors (Lipinski definition) is 1. The average molecular weight is 325 g/mol. The summed E-state index contributed by atoms with van der Waals surface area (Å²) in [5.74, 6) is 0.182. The van der Waals surface area contributed by atoms with E-state index in [0.717, 1.165) is 0 Å². The summed E-state index contributed by atoms with van der Waals surface area (Å²) in [4.78, 5) is 16.7. The largest absolute Gasteiger partial charge is 0.334 e. The summed E-state index contributed by atoms with van der Waals surface area (Å²) in [6.07, 6.45) is 0. The highest BCUT2D eigenvalue weighted by Gasteiger charge is 2.16. The zero-order valence-electron chi connectivity index (χ0n) is 13.3. The Hall–Kier alpha value is -3.02. The normalized spacial score (nSPS) is 10.8. The molecule has 0 saturated carbocycles. The second kappa shape index (κ2) is 6.62. The van der Waals surface area contributed by atoms with E-state index in [4.69, 9.17) is 4.52 Å². The number of halogens is 1. The maximum absolute atomic E-state index is 13.3. The van der Waals surface area contributed by atoms with Crippen molar-refractivity contribution < 1.29 is 13.7 Å². The Bertz CT molecular complexity index is 874. The van der Waals surface area contributed by atoms with E-state index in [9.17, 15) is 9.18 Å². The van der Waals surface area contributed by atoms with Crippen LogP contribution in [0.25, 0.3) is 11.5 Å². The van der Waals surface area contributed by atoms with Crippen molar-refractivity contribution in [2.45, 2.75) is 19.8 Å². The van der Waals surface area contributed by atoms with Crippen LogP contribution in [0.4, 0.5) is 10.1 Å². The predicted molar refractivity (Wildman–Crippen MR) is 88.2 cm³/mol. The summed E-state index contributed by atoms with van der Waals surface area (Å²) < 4.78 is 18.6. The Morgan fingerprint density at radius 2 is 1.96 bits per heavy atom. The molecule has 0 atom stereocenters. The molecule has 0 fully saturated rings. The van der Waals surface area contributed by atoms with Gasteiger partial charge in [-0.25, -0.2) is 4.39 Å². The molecule has 122 valence electrons. The summed E-state index contributed by atoms with van der Waals surface area (Å²) in [6.45, 7) is 3.93. The highest BCUT2D eigenvalue weighted by Crippen LogP contribution is 2.28. The number of para-hydroxylation sites is 1. The molecule has 1 amide bonds. The van der Waals surface area contributed by atoms with Crippen molar-refractivity contribution in [2.24, 2.45) is 0 Å². The average Bonchev–Trinajstić information content (AvgIpc) is 3.05. The number of hydrogen-bond acceptors (Lipinski definition) is 4. The van der Waals surface area contributed by atoms with E-state index in [0.29, 0.717) is 23.0 Å². The lowest BCUT2D eigenvalue weighted by atomic mass is 10.1. The number of carbonyl (C=O) groups is 1. The zero-order chi connectivity index (χ0) is 17.1. The molecule has 3 aromatic rings. The highest BCUT2D eigenvalue weighted by atomic mass is 19.1. The Labute approximate surface area is 138 Å². The summed E-state index contributed by atoms with van der Waals surface area (Å²) in [5.41, 5.74) is 1.37. The quantitative estimate of drug-likeness (QED) is 0.778. The van der Waals surface area contributed by atoms with Crippen molar-refractivity contribution in [1.82, 2.24) is 10.1 Å². The minimum Gasteiger partial charge on any atom is -0.334 e. The fraction of sp³-hybridized carbons (Fsp3) is 0.167. The first-order chi connectivity index (χ1) is 11.5. The van der Waals surface area contributed by atoms with Crippen LogP contribution in [0.2, 0.25) is 0 Å². The van der Waals surface area contributed by atoms with Gasteiger partial charge in [-0.3, -0.25) is 4.79 Å². The fourth-order valence-electron chi connectivity index (χ4n) is 2.18. The van der Waals surface area contributed by atoms with Gasteiger partial charge < -0.3 is 9.84 Å². The summed E-state index contributed by atoms with van der Waals surface area (Å²) in [5, 5.41) is 6.69. The van der Waals surface area contributed by atoms with Crippen LogP contribution in [0.15, 0.2) is 53.1 Å². The third kappa shape index (κ3) is 3.32. The van der Waals surface area contributed by atoms with Crippen molar-refractivity contribution in [3.63, 3.8) is 0 Å². The Morgan fingerprint density at radius 1 is 1.17 bits per heavy atom. The van der Waals surface area contributed by atoms with E-state index in [-0.39, 0.29) is 11.5 Å². The molecule has 0 aliphatic heterocycles. The predicted octanol–water partition coefficient (Wildman–Crippen LogP) is 4.25. The van der Waals surface area contributed by atoms with Crippen LogP contribution in [0.1, 0.15) is 35.9 Å². The van der Waals surface area contributed by atoms with Gasteiger partial charge in [0.05, 0.1) is 11.3 Å². The lowest BCUT2D eigenvalue weighted by Crippen LogP contribution is -2.12. The molecule has 0 aliphatic carbocycles. The van der Waals surface area contributed by atoms with Gasteiger partial charge in [0.2, 0.25) is 0 Å². The van der Waals surface area contributed by atoms with Crippen molar-refractivity contribution >= 4 is 11.6 Å². The van der Waals surface area contributed by atoms with Gasteiger partial charge in [-0.15, -0.1) is 0 Å². The number of benzene rings is 2. The molecule has 0 spiro atoms. The van der Waals surface area contributed by atoms with Gasteiger partial charge in [0.15, 0.2) is 5.82 Å². The number of rotatable bonds is 4. The van der Waals surface area contributed by atoms with Gasteiger partial charge in [0.1, 0.15) is 5.82 Å². The molecular weight excluding hydrogens is 309 g/mol. The molecule has 6 heteroatoms. The zero-order valence-corrected chi connectivity index (χ0v) is 13.3. The van der Waals surface area contributed by atoms with E-state index in [1.165, 1.54) is 18.2 Å². The van der Waals surface area contributed by atoms with Crippen molar-refractivity contribution in [3.05, 3.63) is 65.7 Å². The molecule has 1 N–H and O–H groups in total. The van der Waals surface area contributed by atoms with Crippen LogP contribution in [-0.4, -0.2) is 16.0 Å². The van der Waals surface area contributed by atoms with E-state index < -0.39 is 11.7 Å². The lowest BCUT2D eigenvalue weighted by molar-refractivity contribution is 0.102.